The molecule has 4 aromatic heterocycles. The summed E-state index contributed by atoms with van der Waals surface area (Å²) in [5.74, 6) is 1.38. The summed E-state index contributed by atoms with van der Waals surface area (Å²) < 4.78 is 8.93. The Labute approximate surface area is 401 Å². The van der Waals surface area contributed by atoms with E-state index in [2.05, 4.69) is 185 Å². The van der Waals surface area contributed by atoms with Crippen molar-refractivity contribution in [3.8, 4) is 39.5 Å². The number of aryl methyl sites for hydroxylation is 3. The van der Waals surface area contributed by atoms with Crippen LogP contribution in [0.4, 0.5) is 0 Å². The maximum atomic E-state index is 6.54. The fourth-order valence-corrected chi connectivity index (χ4v) is 10.6. The molecule has 0 bridgehead atoms. The molecule has 0 aliphatic rings. The molecular formula is C58H62IrN4OSi-2. The molecule has 5 aromatic carbocycles. The summed E-state index contributed by atoms with van der Waals surface area (Å²) in [5, 5.41) is 3.65. The average Bonchev–Trinajstić information content (AvgIpc) is 3.85. The molecule has 4 heterocycles. The smallest absolute Gasteiger partial charge is 0.120 e. The first-order chi connectivity index (χ1) is 30.4. The molecule has 0 aliphatic heterocycles. The van der Waals surface area contributed by atoms with Gasteiger partial charge in [-0.15, -0.1) is 54.1 Å². The number of rotatable bonds is 8. The summed E-state index contributed by atoms with van der Waals surface area (Å²) in [5.41, 5.74) is 17.7. The maximum Gasteiger partial charge on any atom is 0.120 e. The van der Waals surface area contributed by atoms with E-state index < -0.39 is 8.07 Å². The summed E-state index contributed by atoms with van der Waals surface area (Å²) >= 11 is 0. The van der Waals surface area contributed by atoms with Crippen LogP contribution in [-0.4, -0.2) is 27.6 Å². The molecule has 9 rings (SSSR count). The zero-order chi connectivity index (χ0) is 45.7. The van der Waals surface area contributed by atoms with E-state index in [1.54, 1.807) is 0 Å². The van der Waals surface area contributed by atoms with E-state index in [9.17, 15) is 0 Å². The van der Waals surface area contributed by atoms with Crippen molar-refractivity contribution >= 4 is 46.2 Å². The normalized spacial score (nSPS) is 12.0. The molecule has 0 atom stereocenters. The van der Waals surface area contributed by atoms with Gasteiger partial charge >= 0.3 is 0 Å². The number of hydrogen-bond acceptors (Lipinski definition) is 4. The first-order valence-corrected chi connectivity index (χ1v) is 26.3. The van der Waals surface area contributed by atoms with Crippen molar-refractivity contribution in [1.29, 1.82) is 0 Å². The van der Waals surface area contributed by atoms with Crippen LogP contribution in [0.15, 0.2) is 120 Å². The van der Waals surface area contributed by atoms with E-state index in [4.69, 9.17) is 19.4 Å². The topological polar surface area (TPSA) is 56.7 Å². The summed E-state index contributed by atoms with van der Waals surface area (Å²) in [7, 11) is -1.37. The number of furan rings is 1. The standard InChI is InChI=1S/C39H36N3O.C19H26NSi.Ir/c1-22(2)32-20-28(27-14-9-8-10-15-27)21-33(23(3)4)37(32)42-36-24(5)25(6)40-26(7)35(36)41-39(42)31-18-13-17-30-29-16-11-12-19-34(29)43-38(30)31;1-19(2,3)13-16-12-17(15-10-8-7-9-11-15)20-14-18(16)21(4,5)6;/h8-17,19-23H,1-7H3;7-10,12,14H,13H2,1-6H3;/q2*-1;. The molecule has 7 heteroatoms. The van der Waals surface area contributed by atoms with Crippen LogP contribution in [0.3, 0.4) is 0 Å². The molecule has 0 saturated heterocycles. The van der Waals surface area contributed by atoms with Crippen LogP contribution in [-0.2, 0) is 26.5 Å². The number of imidazole rings is 1. The van der Waals surface area contributed by atoms with Crippen molar-refractivity contribution in [1.82, 2.24) is 19.5 Å². The van der Waals surface area contributed by atoms with E-state index >= 15 is 0 Å². The van der Waals surface area contributed by atoms with E-state index in [0.717, 1.165) is 79.0 Å². The SMILES string of the molecule is CC(C)(C)Cc1cc(-c2[c-]cccc2)ncc1[Si](C)(C)C.Cc1nc(C)c2nc(-c3[c-]ccc4c3oc3ccccc34)n(-c3c(C(C)C)cc(-c4ccccc4)cc3C(C)C)c2c1C.[Ir]. The minimum atomic E-state index is -1.37. The minimum Gasteiger partial charge on any atom is -0.501 e. The maximum absolute atomic E-state index is 6.54. The molecule has 0 fully saturated rings. The molecule has 335 valence electrons. The molecule has 0 unspecified atom stereocenters. The van der Waals surface area contributed by atoms with E-state index in [1.165, 1.54) is 38.7 Å². The van der Waals surface area contributed by atoms with Gasteiger partial charge in [-0.25, -0.2) is 0 Å². The minimum absolute atomic E-state index is 0. The number of para-hydroxylation sites is 1. The number of hydrogen-bond donors (Lipinski definition) is 0. The fraction of sp³-hybridized carbons (Fsp3) is 0.293. The molecule has 5 nitrogen and oxygen atoms in total. The zero-order valence-corrected chi connectivity index (χ0v) is 43.8. The van der Waals surface area contributed by atoms with Crippen LogP contribution in [0.2, 0.25) is 19.6 Å². The first kappa shape index (κ1) is 47.5. The Balaban J connectivity index is 0.000000242. The van der Waals surface area contributed by atoms with E-state index in [-0.39, 0.29) is 37.4 Å². The predicted octanol–water partition coefficient (Wildman–Crippen LogP) is 15.3. The van der Waals surface area contributed by atoms with Crippen LogP contribution in [0.1, 0.15) is 93.9 Å². The zero-order valence-electron chi connectivity index (χ0n) is 40.4. The monoisotopic (exact) mass is 1050 g/mol. The quantitative estimate of drug-likeness (QED) is 0.112. The van der Waals surface area contributed by atoms with Gasteiger partial charge in [0.15, 0.2) is 0 Å². The van der Waals surface area contributed by atoms with Crippen molar-refractivity contribution in [3.63, 3.8) is 0 Å². The van der Waals surface area contributed by atoms with Gasteiger partial charge in [-0.05, 0) is 101 Å². The summed E-state index contributed by atoms with van der Waals surface area (Å²) in [6, 6.07) is 44.9. The van der Waals surface area contributed by atoms with Gasteiger partial charge < -0.3 is 14.0 Å². The Morgan fingerprint density at radius 2 is 1.37 bits per heavy atom. The largest absolute Gasteiger partial charge is 0.501 e. The number of pyridine rings is 2. The van der Waals surface area contributed by atoms with Crippen molar-refractivity contribution in [2.75, 3.05) is 0 Å². The third kappa shape index (κ3) is 9.61. The second kappa shape index (κ2) is 18.8. The fourth-order valence-electron chi connectivity index (χ4n) is 9.03. The van der Waals surface area contributed by atoms with Crippen molar-refractivity contribution in [3.05, 3.63) is 161 Å². The van der Waals surface area contributed by atoms with Gasteiger partial charge in [-0.1, -0.05) is 139 Å². The van der Waals surface area contributed by atoms with Crippen molar-refractivity contribution in [2.45, 2.75) is 107 Å². The van der Waals surface area contributed by atoms with Gasteiger partial charge in [0.1, 0.15) is 5.58 Å². The molecular weight excluding hydrogens is 989 g/mol. The third-order valence-corrected chi connectivity index (χ3v) is 14.3. The Morgan fingerprint density at radius 1 is 0.708 bits per heavy atom. The van der Waals surface area contributed by atoms with E-state index in [1.807, 2.05) is 36.4 Å². The molecule has 65 heavy (non-hydrogen) atoms. The predicted molar refractivity (Wildman–Crippen MR) is 273 cm³/mol. The van der Waals surface area contributed by atoms with Crippen molar-refractivity contribution in [2.24, 2.45) is 5.41 Å². The molecule has 0 aliphatic carbocycles. The third-order valence-electron chi connectivity index (χ3n) is 12.3. The molecule has 0 spiro atoms. The van der Waals surface area contributed by atoms with Crippen molar-refractivity contribution < 1.29 is 24.5 Å². The number of aromatic nitrogens is 4. The Hall–Kier alpha value is -5.46. The van der Waals surface area contributed by atoms with Gasteiger partial charge in [0.05, 0.1) is 36.2 Å². The Kier molecular flexibility index (Phi) is 13.7. The van der Waals surface area contributed by atoms with Gasteiger partial charge in [0.25, 0.3) is 0 Å². The second-order valence-corrected chi connectivity index (χ2v) is 25.3. The van der Waals surface area contributed by atoms with Crippen LogP contribution in [0, 0.1) is 38.3 Å². The summed E-state index contributed by atoms with van der Waals surface area (Å²) in [6.45, 7) is 29.5. The molecule has 0 N–H and O–H groups in total. The van der Waals surface area contributed by atoms with Crippen LogP contribution < -0.4 is 5.19 Å². The molecule has 9 aromatic rings. The molecule has 0 saturated carbocycles. The van der Waals surface area contributed by atoms with Gasteiger partial charge in [0, 0.05) is 43.1 Å². The van der Waals surface area contributed by atoms with Crippen LogP contribution >= 0.6 is 0 Å². The Bertz CT molecular complexity index is 3100. The first-order valence-electron chi connectivity index (χ1n) is 22.8. The van der Waals surface area contributed by atoms with E-state index in [0.29, 0.717) is 0 Å². The molecule has 0 amide bonds. The number of fused-ring (bicyclic) bond motifs is 4. The van der Waals surface area contributed by atoms with Gasteiger partial charge in [-0.3, -0.25) is 9.97 Å². The Morgan fingerprint density at radius 3 is 2.00 bits per heavy atom. The molecule has 1 radical (unpaired) electrons. The van der Waals surface area contributed by atoms with Gasteiger partial charge in [-0.2, -0.15) is 0 Å². The number of nitrogens with zero attached hydrogens (tertiary/aromatic N) is 4. The average molecular weight is 1050 g/mol. The summed E-state index contributed by atoms with van der Waals surface area (Å²) in [6.07, 6.45) is 3.21. The number of benzene rings is 5. The second-order valence-electron chi connectivity index (χ2n) is 20.2. The van der Waals surface area contributed by atoms with Crippen LogP contribution in [0.25, 0.3) is 72.4 Å². The summed E-state index contributed by atoms with van der Waals surface area (Å²) in [4.78, 5) is 15.0. The van der Waals surface area contributed by atoms with Crippen LogP contribution in [0.5, 0.6) is 0 Å². The van der Waals surface area contributed by atoms with Gasteiger partial charge in [0.2, 0.25) is 0 Å².